The van der Waals surface area contributed by atoms with Crippen molar-refractivity contribution >= 4 is 17.4 Å². The third-order valence-corrected chi connectivity index (χ3v) is 8.27. The van der Waals surface area contributed by atoms with Crippen LogP contribution in [0, 0.1) is 11.3 Å². The van der Waals surface area contributed by atoms with Crippen molar-refractivity contribution in [3.05, 3.63) is 118 Å². The molecule has 190 valence electrons. The van der Waals surface area contributed by atoms with Crippen molar-refractivity contribution in [2.24, 2.45) is 0 Å². The van der Waals surface area contributed by atoms with Gasteiger partial charge in [0.15, 0.2) is 5.16 Å². The number of rotatable bonds is 6. The highest BCUT2D eigenvalue weighted by atomic mass is 32.2. The van der Waals surface area contributed by atoms with Crippen LogP contribution < -0.4 is 4.90 Å². The molecular weight excluding hydrogens is 488 g/mol. The number of hydrogen-bond acceptors (Lipinski definition) is 6. The van der Waals surface area contributed by atoms with Crippen LogP contribution in [0.3, 0.4) is 0 Å². The maximum Gasteiger partial charge on any atom is 0.187 e. The minimum Gasteiger partial charge on any atom is -0.365 e. The van der Waals surface area contributed by atoms with Gasteiger partial charge in [0.2, 0.25) is 0 Å². The fraction of sp³-hybridized carbons (Fsp3) is 0.281. The van der Waals surface area contributed by atoms with E-state index in [0.717, 1.165) is 52.5 Å². The van der Waals surface area contributed by atoms with E-state index in [2.05, 4.69) is 76.6 Å². The van der Waals surface area contributed by atoms with Gasteiger partial charge in [-0.25, -0.2) is 9.97 Å². The largest absolute Gasteiger partial charge is 0.365 e. The second kappa shape index (κ2) is 10.6. The van der Waals surface area contributed by atoms with Crippen LogP contribution in [-0.2, 0) is 42.9 Å². The SMILES string of the molecule is CSc1ncc2c(n1)CC1(CCCc3ccc(N(Cc4ccccc4)Cc4ccccc4)c(C#N)c31)OC2. The quantitative estimate of drug-likeness (QED) is 0.212. The van der Waals surface area contributed by atoms with Crippen LogP contribution in [0.2, 0.25) is 0 Å². The second-order valence-corrected chi connectivity index (χ2v) is 10.8. The maximum absolute atomic E-state index is 10.7. The standard InChI is InChI=1S/C32H30N4OS/c1-38-31-34-19-26-22-37-32(17-28(26)35-31)16-8-13-25-14-15-29(27(18-33)30(25)32)36(20-23-9-4-2-5-10-23)21-24-11-6-3-7-12-24/h2-7,9-12,14-15,19H,8,13,16-17,20-22H2,1H3. The van der Waals surface area contributed by atoms with Crippen LogP contribution in [0.15, 0.2) is 84.1 Å². The van der Waals surface area contributed by atoms with Crippen molar-refractivity contribution in [3.63, 3.8) is 0 Å². The van der Waals surface area contributed by atoms with Crippen molar-refractivity contribution in [1.82, 2.24) is 9.97 Å². The first kappa shape index (κ1) is 24.7. The highest BCUT2D eigenvalue weighted by molar-refractivity contribution is 7.98. The fourth-order valence-corrected chi connectivity index (χ4v) is 6.28. The molecule has 3 aromatic carbocycles. The lowest BCUT2D eigenvalue weighted by atomic mass is 9.72. The lowest BCUT2D eigenvalue weighted by molar-refractivity contribution is -0.0859. The Morgan fingerprint density at radius 1 is 0.974 bits per heavy atom. The molecule has 1 aliphatic carbocycles. The molecule has 6 rings (SSSR count). The number of nitriles is 1. The number of fused-ring (bicyclic) bond motifs is 3. The van der Waals surface area contributed by atoms with Gasteiger partial charge in [-0.1, -0.05) is 78.5 Å². The second-order valence-electron chi connectivity index (χ2n) is 10.1. The fourth-order valence-electron chi connectivity index (χ4n) is 5.92. The van der Waals surface area contributed by atoms with Crippen LogP contribution in [0.25, 0.3) is 0 Å². The molecule has 6 heteroatoms. The Morgan fingerprint density at radius 2 is 1.68 bits per heavy atom. The first-order chi connectivity index (χ1) is 18.7. The molecule has 1 atom stereocenters. The van der Waals surface area contributed by atoms with Crippen molar-refractivity contribution in [2.75, 3.05) is 11.2 Å². The molecule has 4 aromatic rings. The molecule has 2 heterocycles. The summed E-state index contributed by atoms with van der Waals surface area (Å²) in [6.07, 6.45) is 7.44. The van der Waals surface area contributed by atoms with E-state index in [9.17, 15) is 5.26 Å². The summed E-state index contributed by atoms with van der Waals surface area (Å²) in [6, 6.07) is 28.0. The normalized spacial score (nSPS) is 17.9. The summed E-state index contributed by atoms with van der Waals surface area (Å²) >= 11 is 1.56. The zero-order valence-corrected chi connectivity index (χ0v) is 22.4. The van der Waals surface area contributed by atoms with Gasteiger partial charge in [0.25, 0.3) is 0 Å². The third kappa shape index (κ3) is 4.69. The summed E-state index contributed by atoms with van der Waals surface area (Å²) in [4.78, 5) is 11.6. The molecule has 0 fully saturated rings. The molecule has 5 nitrogen and oxygen atoms in total. The molecule has 0 amide bonds. The monoisotopic (exact) mass is 518 g/mol. The van der Waals surface area contributed by atoms with Crippen LogP contribution >= 0.6 is 11.8 Å². The minimum atomic E-state index is -0.545. The zero-order valence-electron chi connectivity index (χ0n) is 21.6. The van der Waals surface area contributed by atoms with E-state index < -0.39 is 5.60 Å². The number of ether oxygens (including phenoxy) is 1. The van der Waals surface area contributed by atoms with Crippen molar-refractivity contribution < 1.29 is 4.74 Å². The maximum atomic E-state index is 10.7. The predicted molar refractivity (Wildman–Crippen MR) is 151 cm³/mol. The number of hydrogen-bond donors (Lipinski definition) is 0. The summed E-state index contributed by atoms with van der Waals surface area (Å²) < 4.78 is 6.69. The van der Waals surface area contributed by atoms with E-state index in [1.54, 1.807) is 11.8 Å². The number of aryl methyl sites for hydroxylation is 1. The van der Waals surface area contributed by atoms with Crippen LogP contribution in [0.1, 0.15) is 51.9 Å². The van der Waals surface area contributed by atoms with Crippen molar-refractivity contribution in [3.8, 4) is 6.07 Å². The van der Waals surface area contributed by atoms with E-state index in [1.165, 1.54) is 16.7 Å². The van der Waals surface area contributed by atoms with E-state index in [0.29, 0.717) is 26.1 Å². The van der Waals surface area contributed by atoms with Gasteiger partial charge in [-0.2, -0.15) is 5.26 Å². The highest BCUT2D eigenvalue weighted by Gasteiger charge is 2.44. The lowest BCUT2D eigenvalue weighted by Crippen LogP contribution is -2.41. The molecule has 1 spiro atoms. The van der Waals surface area contributed by atoms with Gasteiger partial charge < -0.3 is 9.64 Å². The molecule has 1 unspecified atom stereocenters. The van der Waals surface area contributed by atoms with Gasteiger partial charge in [0.1, 0.15) is 11.7 Å². The molecule has 1 aromatic heterocycles. The van der Waals surface area contributed by atoms with E-state index >= 15 is 0 Å². The summed E-state index contributed by atoms with van der Waals surface area (Å²) in [5, 5.41) is 11.5. The summed E-state index contributed by atoms with van der Waals surface area (Å²) in [5.41, 5.74) is 7.94. The van der Waals surface area contributed by atoms with Crippen LogP contribution in [0.5, 0.6) is 0 Å². The van der Waals surface area contributed by atoms with Gasteiger partial charge in [-0.15, -0.1) is 0 Å². The van der Waals surface area contributed by atoms with Gasteiger partial charge >= 0.3 is 0 Å². The Bertz CT molecular complexity index is 1440. The van der Waals surface area contributed by atoms with E-state index in [-0.39, 0.29) is 0 Å². The summed E-state index contributed by atoms with van der Waals surface area (Å²) in [5.74, 6) is 0. The summed E-state index contributed by atoms with van der Waals surface area (Å²) in [6.45, 7) is 1.89. The number of anilines is 1. The average molecular weight is 519 g/mol. The van der Waals surface area contributed by atoms with Gasteiger partial charge in [-0.3, -0.25) is 0 Å². The molecule has 1 aliphatic heterocycles. The Kier molecular flexibility index (Phi) is 6.88. The van der Waals surface area contributed by atoms with E-state index in [4.69, 9.17) is 9.72 Å². The molecule has 0 radical (unpaired) electrons. The zero-order chi connectivity index (χ0) is 26.0. The number of nitrogens with zero attached hydrogens (tertiary/aromatic N) is 4. The number of aromatic nitrogens is 2. The highest BCUT2D eigenvalue weighted by Crippen LogP contribution is 2.48. The number of thioether (sulfide) groups is 1. The first-order valence-corrected chi connectivity index (χ1v) is 14.3. The third-order valence-electron chi connectivity index (χ3n) is 7.71. The number of benzene rings is 3. The topological polar surface area (TPSA) is 62.0 Å². The Hall–Kier alpha value is -3.66. The first-order valence-electron chi connectivity index (χ1n) is 13.1. The van der Waals surface area contributed by atoms with Crippen LogP contribution in [-0.4, -0.2) is 16.2 Å². The molecule has 0 bridgehead atoms. The van der Waals surface area contributed by atoms with Gasteiger partial charge in [0, 0.05) is 36.8 Å². The van der Waals surface area contributed by atoms with Crippen molar-refractivity contribution in [1.29, 1.82) is 5.26 Å². The molecule has 0 saturated carbocycles. The van der Waals surface area contributed by atoms with Gasteiger partial charge in [-0.05, 0) is 48.3 Å². The predicted octanol–water partition coefficient (Wildman–Crippen LogP) is 6.58. The molecule has 0 saturated heterocycles. The minimum absolute atomic E-state index is 0.469. The smallest absolute Gasteiger partial charge is 0.187 e. The summed E-state index contributed by atoms with van der Waals surface area (Å²) in [7, 11) is 0. The molecule has 38 heavy (non-hydrogen) atoms. The molecular formula is C32H30N4OS. The lowest BCUT2D eigenvalue weighted by Gasteiger charge is -2.43. The van der Waals surface area contributed by atoms with Gasteiger partial charge in [0.05, 0.1) is 23.6 Å². The molecule has 2 aliphatic rings. The Labute approximate surface area is 228 Å². The average Bonchev–Trinajstić information content (AvgIpc) is 2.97. The molecule has 0 N–H and O–H groups in total. The van der Waals surface area contributed by atoms with Crippen molar-refractivity contribution in [2.45, 2.75) is 56.1 Å². The Morgan fingerprint density at radius 3 is 2.34 bits per heavy atom. The van der Waals surface area contributed by atoms with E-state index in [1.807, 2.05) is 24.6 Å². The van der Waals surface area contributed by atoms with Crippen LogP contribution in [0.4, 0.5) is 5.69 Å². The Balaban J connectivity index is 1.46.